The van der Waals surface area contributed by atoms with E-state index < -0.39 is 0 Å². The van der Waals surface area contributed by atoms with Gasteiger partial charge in [-0.15, -0.1) is 0 Å². The lowest BCUT2D eigenvalue weighted by atomic mass is 10.2. The smallest absolute Gasteiger partial charge is 0.228 e. The van der Waals surface area contributed by atoms with Crippen molar-refractivity contribution in [2.24, 2.45) is 0 Å². The first-order valence-corrected chi connectivity index (χ1v) is 6.55. The molecule has 0 bridgehead atoms. The van der Waals surface area contributed by atoms with E-state index in [9.17, 15) is 0 Å². The number of nitrogens with one attached hydrogen (secondary N) is 1. The first-order valence-electron chi connectivity index (χ1n) is 6.17. The number of rotatable bonds is 3. The van der Waals surface area contributed by atoms with Crippen LogP contribution in [0.4, 0.5) is 5.69 Å². The van der Waals surface area contributed by atoms with E-state index in [1.54, 1.807) is 0 Å². The number of nitrogens with zero attached hydrogens (tertiary/aromatic N) is 1. The molecule has 1 heterocycles. The number of halogens is 1. The zero-order valence-corrected chi connectivity index (χ0v) is 11.2. The minimum absolute atomic E-state index is 0.550. The molecule has 0 aliphatic heterocycles. The first-order chi connectivity index (χ1) is 9.28. The Morgan fingerprint density at radius 2 is 2.05 bits per heavy atom. The number of hydrogen-bond donors (Lipinski definition) is 1. The minimum Gasteiger partial charge on any atom is -0.436 e. The molecule has 0 saturated carbocycles. The summed E-state index contributed by atoms with van der Waals surface area (Å²) in [5.74, 6) is 0.550. The van der Waals surface area contributed by atoms with E-state index >= 15 is 0 Å². The molecule has 3 rings (SSSR count). The van der Waals surface area contributed by atoms with Crippen molar-refractivity contribution in [2.45, 2.75) is 6.92 Å². The largest absolute Gasteiger partial charge is 0.436 e. The molecule has 3 nitrogen and oxygen atoms in total. The summed E-state index contributed by atoms with van der Waals surface area (Å²) >= 11 is 6.15. The lowest BCUT2D eigenvalue weighted by Crippen LogP contribution is -1.95. The van der Waals surface area contributed by atoms with Gasteiger partial charge in [-0.2, -0.15) is 0 Å². The van der Waals surface area contributed by atoms with E-state index in [1.165, 1.54) is 0 Å². The number of oxazole rings is 1. The van der Waals surface area contributed by atoms with Crippen molar-refractivity contribution in [3.63, 3.8) is 0 Å². The second-order valence-electron chi connectivity index (χ2n) is 4.21. The Hall–Kier alpha value is -2.00. The van der Waals surface area contributed by atoms with Gasteiger partial charge in [0.25, 0.3) is 0 Å². The Morgan fingerprint density at radius 1 is 1.21 bits per heavy atom. The molecule has 2 aromatic carbocycles. The summed E-state index contributed by atoms with van der Waals surface area (Å²) in [5, 5.41) is 3.89. The van der Waals surface area contributed by atoms with Crippen LogP contribution in [0.15, 0.2) is 46.9 Å². The monoisotopic (exact) mass is 272 g/mol. The van der Waals surface area contributed by atoms with Crippen molar-refractivity contribution in [3.05, 3.63) is 47.5 Å². The number of hydrogen-bond acceptors (Lipinski definition) is 3. The van der Waals surface area contributed by atoms with E-state index in [-0.39, 0.29) is 0 Å². The van der Waals surface area contributed by atoms with Gasteiger partial charge in [-0.1, -0.05) is 23.7 Å². The van der Waals surface area contributed by atoms with Crippen LogP contribution >= 0.6 is 11.6 Å². The number of anilines is 1. The van der Waals surface area contributed by atoms with Crippen molar-refractivity contribution in [1.82, 2.24) is 4.98 Å². The third-order valence-electron chi connectivity index (χ3n) is 2.87. The normalized spacial score (nSPS) is 10.8. The van der Waals surface area contributed by atoms with Gasteiger partial charge in [0.2, 0.25) is 5.89 Å². The Labute approximate surface area is 116 Å². The topological polar surface area (TPSA) is 38.1 Å². The predicted molar refractivity (Wildman–Crippen MR) is 78.6 cm³/mol. The molecule has 1 N–H and O–H groups in total. The molecule has 0 unspecified atom stereocenters. The van der Waals surface area contributed by atoms with Gasteiger partial charge in [-0.3, -0.25) is 0 Å². The Kier molecular flexibility index (Phi) is 3.13. The molecule has 0 radical (unpaired) electrons. The van der Waals surface area contributed by atoms with Gasteiger partial charge in [0.15, 0.2) is 5.58 Å². The van der Waals surface area contributed by atoms with Crippen LogP contribution in [0, 0.1) is 0 Å². The molecule has 0 fully saturated rings. The van der Waals surface area contributed by atoms with Gasteiger partial charge >= 0.3 is 0 Å². The zero-order valence-electron chi connectivity index (χ0n) is 10.5. The second-order valence-corrected chi connectivity index (χ2v) is 4.62. The molecular formula is C15H13ClN2O. The van der Waals surface area contributed by atoms with Crippen LogP contribution in [-0.2, 0) is 0 Å². The summed E-state index contributed by atoms with van der Waals surface area (Å²) < 4.78 is 5.79. The summed E-state index contributed by atoms with van der Waals surface area (Å²) in [6.45, 7) is 2.93. The number of fused-ring (bicyclic) bond motifs is 1. The van der Waals surface area contributed by atoms with Crippen LogP contribution < -0.4 is 5.32 Å². The molecule has 0 atom stereocenters. The van der Waals surface area contributed by atoms with Crippen LogP contribution in [0.25, 0.3) is 22.6 Å². The summed E-state index contributed by atoms with van der Waals surface area (Å²) in [4.78, 5) is 4.47. The quantitative estimate of drug-likeness (QED) is 0.758. The van der Waals surface area contributed by atoms with Crippen molar-refractivity contribution < 1.29 is 4.42 Å². The lowest BCUT2D eigenvalue weighted by Gasteiger charge is -2.00. The van der Waals surface area contributed by atoms with Gasteiger partial charge in [-0.05, 0) is 31.2 Å². The summed E-state index contributed by atoms with van der Waals surface area (Å²) in [7, 11) is 0. The highest BCUT2D eigenvalue weighted by atomic mass is 35.5. The highest BCUT2D eigenvalue weighted by Crippen LogP contribution is 2.30. The molecule has 96 valence electrons. The fraction of sp³-hybridized carbons (Fsp3) is 0.133. The van der Waals surface area contributed by atoms with Gasteiger partial charge in [0, 0.05) is 18.3 Å². The Balaban J connectivity index is 2.09. The molecule has 0 amide bonds. The average Bonchev–Trinajstić information content (AvgIpc) is 2.82. The summed E-state index contributed by atoms with van der Waals surface area (Å²) in [5.41, 5.74) is 3.42. The molecule has 0 aliphatic rings. The van der Waals surface area contributed by atoms with Crippen LogP contribution in [0.2, 0.25) is 5.02 Å². The maximum atomic E-state index is 6.15. The van der Waals surface area contributed by atoms with Gasteiger partial charge < -0.3 is 9.73 Å². The first kappa shape index (κ1) is 12.1. The minimum atomic E-state index is 0.550. The van der Waals surface area contributed by atoms with Gasteiger partial charge in [-0.25, -0.2) is 4.98 Å². The van der Waals surface area contributed by atoms with Gasteiger partial charge in [0.1, 0.15) is 5.52 Å². The SMILES string of the molecule is CCNc1ccc2nc(-c3ccccc3Cl)oc2c1. The molecule has 0 aliphatic carbocycles. The van der Waals surface area contributed by atoms with E-state index in [1.807, 2.05) is 42.5 Å². The van der Waals surface area contributed by atoms with Crippen molar-refractivity contribution in [2.75, 3.05) is 11.9 Å². The molecular weight excluding hydrogens is 260 g/mol. The molecule has 3 aromatic rings. The summed E-state index contributed by atoms with van der Waals surface area (Å²) in [6, 6.07) is 13.4. The van der Waals surface area contributed by atoms with Crippen LogP contribution in [0.5, 0.6) is 0 Å². The highest BCUT2D eigenvalue weighted by molar-refractivity contribution is 6.33. The van der Waals surface area contributed by atoms with Crippen molar-refractivity contribution in [3.8, 4) is 11.5 Å². The molecule has 19 heavy (non-hydrogen) atoms. The fourth-order valence-electron chi connectivity index (χ4n) is 1.99. The Morgan fingerprint density at radius 3 is 2.84 bits per heavy atom. The second kappa shape index (κ2) is 4.94. The lowest BCUT2D eigenvalue weighted by molar-refractivity contribution is 0.620. The summed E-state index contributed by atoms with van der Waals surface area (Å²) in [6.07, 6.45) is 0. The maximum absolute atomic E-state index is 6.15. The van der Waals surface area contributed by atoms with E-state index in [0.717, 1.165) is 28.9 Å². The van der Waals surface area contributed by atoms with Crippen molar-refractivity contribution >= 4 is 28.4 Å². The number of benzene rings is 2. The molecule has 0 spiro atoms. The Bertz CT molecular complexity index is 721. The zero-order chi connectivity index (χ0) is 13.2. The third kappa shape index (κ3) is 2.29. The van der Waals surface area contributed by atoms with Crippen LogP contribution in [-0.4, -0.2) is 11.5 Å². The maximum Gasteiger partial charge on any atom is 0.228 e. The molecule has 0 saturated heterocycles. The standard InChI is InChI=1S/C15H13ClN2O/c1-2-17-10-7-8-13-14(9-10)19-15(18-13)11-5-3-4-6-12(11)16/h3-9,17H,2H2,1H3. The number of aromatic nitrogens is 1. The van der Waals surface area contributed by atoms with E-state index in [0.29, 0.717) is 10.9 Å². The molecule has 4 heteroatoms. The molecule has 1 aromatic heterocycles. The average molecular weight is 273 g/mol. The van der Waals surface area contributed by atoms with Crippen molar-refractivity contribution in [1.29, 1.82) is 0 Å². The van der Waals surface area contributed by atoms with E-state index in [4.69, 9.17) is 16.0 Å². The van der Waals surface area contributed by atoms with Crippen LogP contribution in [0.1, 0.15) is 6.92 Å². The highest BCUT2D eigenvalue weighted by Gasteiger charge is 2.11. The van der Waals surface area contributed by atoms with E-state index in [2.05, 4.69) is 17.2 Å². The van der Waals surface area contributed by atoms with Crippen LogP contribution in [0.3, 0.4) is 0 Å². The third-order valence-corrected chi connectivity index (χ3v) is 3.20. The fourth-order valence-corrected chi connectivity index (χ4v) is 2.21. The van der Waals surface area contributed by atoms with Gasteiger partial charge in [0.05, 0.1) is 10.6 Å². The predicted octanol–water partition coefficient (Wildman–Crippen LogP) is 4.58.